The quantitative estimate of drug-likeness (QED) is 0.809. The standard InChI is InChI=1S/C13H21N3O2/c1-6-15(5)10-7-12(18)16(14-8-10)9-11(17)13(2,3)4/h7-8H,6,9H2,1-5H3. The minimum absolute atomic E-state index is 0.00584. The lowest BCUT2D eigenvalue weighted by Crippen LogP contribution is -2.32. The molecular weight excluding hydrogens is 230 g/mol. The van der Waals surface area contributed by atoms with E-state index in [4.69, 9.17) is 0 Å². The summed E-state index contributed by atoms with van der Waals surface area (Å²) >= 11 is 0. The number of Topliss-reactive ketones (excluding diaryl/α,β-unsaturated/α-hetero) is 1. The van der Waals surface area contributed by atoms with E-state index in [1.165, 1.54) is 10.7 Å². The molecule has 0 unspecified atom stereocenters. The third-order valence-corrected chi connectivity index (χ3v) is 2.90. The summed E-state index contributed by atoms with van der Waals surface area (Å²) in [5, 5.41) is 4.04. The minimum Gasteiger partial charge on any atom is -0.373 e. The normalized spacial score (nSPS) is 11.4. The van der Waals surface area contributed by atoms with E-state index in [1.807, 2.05) is 39.6 Å². The Morgan fingerprint density at radius 3 is 2.50 bits per heavy atom. The van der Waals surface area contributed by atoms with Crippen LogP contribution in [0.4, 0.5) is 5.69 Å². The van der Waals surface area contributed by atoms with Gasteiger partial charge in [0.2, 0.25) is 0 Å². The van der Waals surface area contributed by atoms with Crippen LogP contribution in [-0.2, 0) is 11.3 Å². The first-order chi connectivity index (χ1) is 8.25. The molecule has 0 atom stereocenters. The van der Waals surface area contributed by atoms with Crippen LogP contribution in [0.2, 0.25) is 0 Å². The highest BCUT2D eigenvalue weighted by molar-refractivity contribution is 5.83. The van der Waals surface area contributed by atoms with E-state index in [0.717, 1.165) is 12.2 Å². The van der Waals surface area contributed by atoms with Crippen LogP contribution in [0, 0.1) is 5.41 Å². The van der Waals surface area contributed by atoms with Crippen molar-refractivity contribution < 1.29 is 4.79 Å². The van der Waals surface area contributed by atoms with Gasteiger partial charge in [-0.3, -0.25) is 9.59 Å². The van der Waals surface area contributed by atoms with Crippen LogP contribution in [0.25, 0.3) is 0 Å². The first-order valence-corrected chi connectivity index (χ1v) is 6.07. The molecule has 1 aromatic heterocycles. The smallest absolute Gasteiger partial charge is 0.269 e. The fourth-order valence-corrected chi connectivity index (χ4v) is 1.31. The topological polar surface area (TPSA) is 55.2 Å². The van der Waals surface area contributed by atoms with Gasteiger partial charge in [0.1, 0.15) is 6.54 Å². The third kappa shape index (κ3) is 3.42. The number of rotatable bonds is 4. The zero-order valence-electron chi connectivity index (χ0n) is 11.7. The Balaban J connectivity index is 2.94. The molecule has 0 bridgehead atoms. The number of aromatic nitrogens is 2. The Morgan fingerprint density at radius 2 is 2.06 bits per heavy atom. The predicted octanol–water partition coefficient (Wildman–Crippen LogP) is 1.31. The summed E-state index contributed by atoms with van der Waals surface area (Å²) in [4.78, 5) is 25.6. The van der Waals surface area contributed by atoms with Crippen molar-refractivity contribution in [1.29, 1.82) is 0 Å². The molecule has 0 N–H and O–H groups in total. The van der Waals surface area contributed by atoms with Gasteiger partial charge in [-0.1, -0.05) is 20.8 Å². The Hall–Kier alpha value is -1.65. The van der Waals surface area contributed by atoms with Crippen LogP contribution in [0.15, 0.2) is 17.1 Å². The summed E-state index contributed by atoms with van der Waals surface area (Å²) in [5.41, 5.74) is 0.0624. The van der Waals surface area contributed by atoms with Gasteiger partial charge in [0.05, 0.1) is 11.9 Å². The fourth-order valence-electron chi connectivity index (χ4n) is 1.31. The number of carbonyl (C=O) groups is 1. The molecule has 18 heavy (non-hydrogen) atoms. The van der Waals surface area contributed by atoms with Gasteiger partial charge < -0.3 is 4.90 Å². The fraction of sp³-hybridized carbons (Fsp3) is 0.615. The van der Waals surface area contributed by atoms with Crippen molar-refractivity contribution >= 4 is 11.5 Å². The highest BCUT2D eigenvalue weighted by Gasteiger charge is 2.22. The van der Waals surface area contributed by atoms with Crippen molar-refractivity contribution in [3.8, 4) is 0 Å². The molecule has 0 saturated carbocycles. The van der Waals surface area contributed by atoms with Gasteiger partial charge in [-0.25, -0.2) is 4.68 Å². The molecule has 0 aliphatic carbocycles. The van der Waals surface area contributed by atoms with Crippen LogP contribution in [0.1, 0.15) is 27.7 Å². The molecule has 0 aliphatic heterocycles. The molecule has 0 fully saturated rings. The van der Waals surface area contributed by atoms with Crippen molar-refractivity contribution in [2.45, 2.75) is 34.2 Å². The molecule has 100 valence electrons. The number of anilines is 1. The lowest BCUT2D eigenvalue weighted by Gasteiger charge is -2.18. The van der Waals surface area contributed by atoms with E-state index in [0.29, 0.717) is 0 Å². The van der Waals surface area contributed by atoms with E-state index in [-0.39, 0.29) is 17.9 Å². The maximum Gasteiger partial charge on any atom is 0.269 e. The Labute approximate surface area is 107 Å². The lowest BCUT2D eigenvalue weighted by molar-refractivity contribution is -0.127. The second kappa shape index (κ2) is 5.33. The lowest BCUT2D eigenvalue weighted by atomic mass is 9.91. The van der Waals surface area contributed by atoms with Crippen LogP contribution < -0.4 is 10.5 Å². The van der Waals surface area contributed by atoms with Crippen molar-refractivity contribution in [1.82, 2.24) is 9.78 Å². The van der Waals surface area contributed by atoms with E-state index in [2.05, 4.69) is 5.10 Å². The van der Waals surface area contributed by atoms with Crippen molar-refractivity contribution in [3.63, 3.8) is 0 Å². The predicted molar refractivity (Wildman–Crippen MR) is 71.9 cm³/mol. The summed E-state index contributed by atoms with van der Waals surface area (Å²) in [6, 6.07) is 1.51. The van der Waals surface area contributed by atoms with E-state index < -0.39 is 5.41 Å². The largest absolute Gasteiger partial charge is 0.373 e. The Kier molecular flexibility index (Phi) is 4.27. The van der Waals surface area contributed by atoms with Gasteiger partial charge in [0, 0.05) is 25.1 Å². The number of ketones is 1. The zero-order valence-corrected chi connectivity index (χ0v) is 11.7. The number of hydrogen-bond donors (Lipinski definition) is 0. The van der Waals surface area contributed by atoms with E-state index in [9.17, 15) is 9.59 Å². The molecule has 0 radical (unpaired) electrons. The van der Waals surface area contributed by atoms with Gasteiger partial charge in [0.25, 0.3) is 5.56 Å². The second-order valence-electron chi connectivity index (χ2n) is 5.40. The SMILES string of the molecule is CCN(C)c1cnn(CC(=O)C(C)(C)C)c(=O)c1. The van der Waals surface area contributed by atoms with E-state index >= 15 is 0 Å². The molecular formula is C13H21N3O2. The summed E-state index contributed by atoms with van der Waals surface area (Å²) in [6.45, 7) is 8.32. The first kappa shape index (κ1) is 14.4. The first-order valence-electron chi connectivity index (χ1n) is 6.07. The molecule has 1 aromatic rings. The summed E-state index contributed by atoms with van der Waals surface area (Å²) in [6.07, 6.45) is 1.61. The average Bonchev–Trinajstić information content (AvgIpc) is 2.29. The summed E-state index contributed by atoms with van der Waals surface area (Å²) in [5.74, 6) is -0.00584. The minimum atomic E-state index is -0.458. The number of hydrogen-bond acceptors (Lipinski definition) is 4. The van der Waals surface area contributed by atoms with Gasteiger partial charge in [-0.2, -0.15) is 5.10 Å². The van der Waals surface area contributed by atoms with Crippen LogP contribution >= 0.6 is 0 Å². The molecule has 1 rings (SSSR count). The third-order valence-electron chi connectivity index (χ3n) is 2.90. The second-order valence-corrected chi connectivity index (χ2v) is 5.40. The molecule has 0 aromatic carbocycles. The number of carbonyl (C=O) groups excluding carboxylic acids is 1. The molecule has 1 heterocycles. The van der Waals surface area contributed by atoms with Crippen LogP contribution in [-0.4, -0.2) is 29.2 Å². The van der Waals surface area contributed by atoms with E-state index in [1.54, 1.807) is 6.20 Å². The Morgan fingerprint density at radius 1 is 1.44 bits per heavy atom. The molecule has 0 spiro atoms. The summed E-state index contributed by atoms with van der Waals surface area (Å²) in [7, 11) is 1.89. The van der Waals surface area contributed by atoms with Gasteiger partial charge >= 0.3 is 0 Å². The van der Waals surface area contributed by atoms with Gasteiger partial charge in [0.15, 0.2) is 5.78 Å². The molecule has 5 heteroatoms. The van der Waals surface area contributed by atoms with Crippen molar-refractivity contribution in [2.75, 3.05) is 18.5 Å². The molecule has 5 nitrogen and oxygen atoms in total. The van der Waals surface area contributed by atoms with Gasteiger partial charge in [-0.15, -0.1) is 0 Å². The molecule has 0 aliphatic rings. The zero-order chi connectivity index (χ0) is 13.9. The maximum atomic E-state index is 11.9. The molecule has 0 amide bonds. The van der Waals surface area contributed by atoms with Crippen LogP contribution in [0.3, 0.4) is 0 Å². The highest BCUT2D eigenvalue weighted by atomic mass is 16.1. The van der Waals surface area contributed by atoms with Crippen molar-refractivity contribution in [2.24, 2.45) is 5.41 Å². The van der Waals surface area contributed by atoms with Crippen molar-refractivity contribution in [3.05, 3.63) is 22.6 Å². The van der Waals surface area contributed by atoms with Gasteiger partial charge in [-0.05, 0) is 6.92 Å². The average molecular weight is 251 g/mol. The number of nitrogens with zero attached hydrogens (tertiary/aromatic N) is 3. The highest BCUT2D eigenvalue weighted by Crippen LogP contribution is 2.15. The summed E-state index contributed by atoms with van der Waals surface area (Å²) < 4.78 is 1.21. The Bertz CT molecular complexity index is 486. The monoisotopic (exact) mass is 251 g/mol. The maximum absolute atomic E-state index is 11.9. The van der Waals surface area contributed by atoms with Crippen LogP contribution in [0.5, 0.6) is 0 Å². The molecule has 0 saturated heterocycles.